The Morgan fingerprint density at radius 2 is 1.97 bits per heavy atom. The second kappa shape index (κ2) is 7.68. The van der Waals surface area contributed by atoms with Crippen LogP contribution in [0, 0.1) is 0 Å². The van der Waals surface area contributed by atoms with E-state index < -0.39 is 0 Å². The van der Waals surface area contributed by atoms with Crippen molar-refractivity contribution in [3.63, 3.8) is 0 Å². The number of aromatic nitrogens is 4. The van der Waals surface area contributed by atoms with Gasteiger partial charge in [-0.15, -0.1) is 11.3 Å². The van der Waals surface area contributed by atoms with E-state index in [9.17, 15) is 4.79 Å². The quantitative estimate of drug-likeness (QED) is 0.428. The van der Waals surface area contributed by atoms with Gasteiger partial charge in [-0.2, -0.15) is 5.10 Å². The van der Waals surface area contributed by atoms with Crippen molar-refractivity contribution in [1.29, 1.82) is 0 Å². The summed E-state index contributed by atoms with van der Waals surface area (Å²) in [4.78, 5) is 22.1. The minimum atomic E-state index is -0.0969. The molecule has 4 heterocycles. The van der Waals surface area contributed by atoms with Crippen LogP contribution in [-0.4, -0.2) is 26.9 Å². The Labute approximate surface area is 176 Å². The predicted molar refractivity (Wildman–Crippen MR) is 119 cm³/mol. The summed E-state index contributed by atoms with van der Waals surface area (Å²) >= 11 is 1.51. The van der Waals surface area contributed by atoms with Crippen LogP contribution >= 0.6 is 11.3 Å². The van der Waals surface area contributed by atoms with Gasteiger partial charge in [-0.05, 0) is 18.2 Å². The van der Waals surface area contributed by atoms with Gasteiger partial charge in [0.1, 0.15) is 0 Å². The van der Waals surface area contributed by atoms with E-state index in [0.29, 0.717) is 24.2 Å². The predicted octanol–water partition coefficient (Wildman–Crippen LogP) is 4.32. The molecule has 5 rings (SSSR count). The second-order valence-electron chi connectivity index (χ2n) is 6.90. The molecule has 4 aromatic heterocycles. The van der Waals surface area contributed by atoms with Crippen LogP contribution in [0.5, 0.6) is 5.88 Å². The maximum Gasteiger partial charge on any atom is 0.276 e. The molecule has 0 aliphatic heterocycles. The third-order valence-electron chi connectivity index (χ3n) is 5.07. The number of nitrogens with zero attached hydrogens (tertiary/aromatic N) is 4. The lowest BCUT2D eigenvalue weighted by Gasteiger charge is -2.07. The van der Waals surface area contributed by atoms with E-state index in [4.69, 9.17) is 9.72 Å². The van der Waals surface area contributed by atoms with Crippen LogP contribution in [0.2, 0.25) is 0 Å². The third-order valence-corrected chi connectivity index (χ3v) is 5.99. The zero-order valence-corrected chi connectivity index (χ0v) is 17.1. The van der Waals surface area contributed by atoms with Crippen LogP contribution in [-0.2, 0) is 13.0 Å². The Kier molecular flexibility index (Phi) is 4.72. The number of para-hydroxylation sites is 1. The second-order valence-corrected chi connectivity index (χ2v) is 7.81. The number of rotatable bonds is 5. The Balaban J connectivity index is 1.47. The molecule has 0 radical (unpaired) electrons. The molecular weight excluding hydrogens is 396 g/mol. The summed E-state index contributed by atoms with van der Waals surface area (Å²) in [5.74, 6) is 0.542. The van der Waals surface area contributed by atoms with E-state index in [1.54, 1.807) is 25.6 Å². The lowest BCUT2D eigenvalue weighted by atomic mass is 10.1. The minimum absolute atomic E-state index is 0.0969. The van der Waals surface area contributed by atoms with Crippen molar-refractivity contribution in [2.24, 2.45) is 0 Å². The van der Waals surface area contributed by atoms with Crippen molar-refractivity contribution in [2.45, 2.75) is 13.0 Å². The molecule has 0 aliphatic rings. The normalized spacial score (nSPS) is 11.2. The summed E-state index contributed by atoms with van der Waals surface area (Å²) in [5, 5.41) is 8.13. The summed E-state index contributed by atoms with van der Waals surface area (Å²) in [5.41, 5.74) is 3.55. The number of benzene rings is 1. The molecule has 0 spiro atoms. The lowest BCUT2D eigenvalue weighted by Crippen LogP contribution is -2.23. The van der Waals surface area contributed by atoms with Crippen molar-refractivity contribution in [3.05, 3.63) is 82.4 Å². The van der Waals surface area contributed by atoms with Crippen LogP contribution in [0.1, 0.15) is 5.69 Å². The van der Waals surface area contributed by atoms with Gasteiger partial charge < -0.3 is 4.74 Å². The monoisotopic (exact) mass is 414 g/mol. The van der Waals surface area contributed by atoms with E-state index in [2.05, 4.69) is 16.1 Å². The first kappa shape index (κ1) is 18.4. The average Bonchev–Trinajstić information content (AvgIpc) is 3.23. The molecule has 148 valence electrons. The van der Waals surface area contributed by atoms with Crippen LogP contribution < -0.4 is 10.3 Å². The minimum Gasteiger partial charge on any atom is -0.481 e. The maximum absolute atomic E-state index is 13.2. The van der Waals surface area contributed by atoms with Gasteiger partial charge in [0.2, 0.25) is 5.88 Å². The van der Waals surface area contributed by atoms with Crippen molar-refractivity contribution in [3.8, 4) is 17.0 Å². The Bertz CT molecular complexity index is 1410. The molecule has 0 N–H and O–H groups in total. The molecule has 7 heteroatoms. The highest BCUT2D eigenvalue weighted by Gasteiger charge is 2.14. The standard InChI is InChI=1S/C23H18N4O2S/c1-29-21-9-7-16(12-24-21)18-14-30-20-13-25-27(23(28)22(18)20)11-10-17-8-6-15-4-2-3-5-19(15)26-17/h2-9,12-14H,10-11H2,1H3. The number of fused-ring (bicyclic) bond motifs is 2. The number of aryl methyl sites for hydroxylation is 2. The lowest BCUT2D eigenvalue weighted by molar-refractivity contribution is 0.398. The summed E-state index contributed by atoms with van der Waals surface area (Å²) in [6, 6.07) is 15.8. The van der Waals surface area contributed by atoms with Crippen molar-refractivity contribution < 1.29 is 4.74 Å². The van der Waals surface area contributed by atoms with E-state index in [-0.39, 0.29) is 5.56 Å². The number of hydrogen-bond acceptors (Lipinski definition) is 6. The van der Waals surface area contributed by atoms with Crippen LogP contribution in [0.25, 0.3) is 32.1 Å². The molecular formula is C23H18N4O2S. The number of pyridine rings is 2. The average molecular weight is 414 g/mol. The molecule has 30 heavy (non-hydrogen) atoms. The number of thiophene rings is 1. The SMILES string of the molecule is COc1ccc(-c2csc3cnn(CCc4ccc5ccccc5n4)c(=O)c23)cn1. The van der Waals surface area contributed by atoms with Gasteiger partial charge in [-0.25, -0.2) is 9.67 Å². The van der Waals surface area contributed by atoms with E-state index in [1.807, 2.05) is 41.8 Å². The molecule has 0 saturated heterocycles. The van der Waals surface area contributed by atoms with Crippen LogP contribution in [0.15, 0.2) is 71.1 Å². The largest absolute Gasteiger partial charge is 0.481 e. The summed E-state index contributed by atoms with van der Waals surface area (Å²) in [7, 11) is 1.58. The van der Waals surface area contributed by atoms with Crippen molar-refractivity contribution in [1.82, 2.24) is 19.7 Å². The molecule has 0 fully saturated rings. The molecule has 1 aromatic carbocycles. The van der Waals surface area contributed by atoms with Gasteiger partial charge in [0, 0.05) is 46.3 Å². The molecule has 0 atom stereocenters. The van der Waals surface area contributed by atoms with E-state index in [0.717, 1.165) is 32.4 Å². The highest BCUT2D eigenvalue weighted by atomic mass is 32.1. The van der Waals surface area contributed by atoms with Crippen LogP contribution in [0.3, 0.4) is 0 Å². The number of methoxy groups -OCH3 is 1. The first-order valence-corrected chi connectivity index (χ1v) is 10.4. The molecule has 0 aliphatic carbocycles. The first-order valence-electron chi connectivity index (χ1n) is 9.55. The zero-order valence-electron chi connectivity index (χ0n) is 16.3. The zero-order chi connectivity index (χ0) is 20.5. The third kappa shape index (κ3) is 3.33. The fourth-order valence-corrected chi connectivity index (χ4v) is 4.41. The topological polar surface area (TPSA) is 69.9 Å². The summed E-state index contributed by atoms with van der Waals surface area (Å²) in [6.45, 7) is 0.469. The Hall–Kier alpha value is -3.58. The van der Waals surface area contributed by atoms with Gasteiger partial charge in [0.05, 0.1) is 35.5 Å². The van der Waals surface area contributed by atoms with E-state index >= 15 is 0 Å². The highest BCUT2D eigenvalue weighted by Crippen LogP contribution is 2.31. The van der Waals surface area contributed by atoms with Gasteiger partial charge in [-0.3, -0.25) is 9.78 Å². The van der Waals surface area contributed by atoms with Crippen molar-refractivity contribution in [2.75, 3.05) is 7.11 Å². The Morgan fingerprint density at radius 1 is 1.07 bits per heavy atom. The first-order chi connectivity index (χ1) is 14.7. The number of ether oxygens (including phenoxy) is 1. The van der Waals surface area contributed by atoms with Gasteiger partial charge in [0.25, 0.3) is 5.56 Å². The fourth-order valence-electron chi connectivity index (χ4n) is 3.49. The maximum atomic E-state index is 13.2. The van der Waals surface area contributed by atoms with Gasteiger partial charge in [0.15, 0.2) is 0 Å². The smallest absolute Gasteiger partial charge is 0.276 e. The molecule has 0 unspecified atom stereocenters. The van der Waals surface area contributed by atoms with Gasteiger partial charge >= 0.3 is 0 Å². The summed E-state index contributed by atoms with van der Waals surface area (Å²) < 4.78 is 7.51. The fraction of sp³-hybridized carbons (Fsp3) is 0.130. The molecule has 0 bridgehead atoms. The number of hydrogen-bond donors (Lipinski definition) is 0. The van der Waals surface area contributed by atoms with Crippen LogP contribution in [0.4, 0.5) is 0 Å². The molecule has 0 amide bonds. The van der Waals surface area contributed by atoms with Crippen molar-refractivity contribution >= 4 is 32.3 Å². The van der Waals surface area contributed by atoms with Gasteiger partial charge in [-0.1, -0.05) is 24.3 Å². The molecule has 0 saturated carbocycles. The molecule has 6 nitrogen and oxygen atoms in total. The molecule has 5 aromatic rings. The summed E-state index contributed by atoms with van der Waals surface area (Å²) in [6.07, 6.45) is 4.12. The Morgan fingerprint density at radius 3 is 2.80 bits per heavy atom. The van der Waals surface area contributed by atoms with E-state index in [1.165, 1.54) is 16.0 Å². The highest BCUT2D eigenvalue weighted by molar-refractivity contribution is 7.17.